The summed E-state index contributed by atoms with van der Waals surface area (Å²) in [5.74, 6) is -0.970. The molecule has 0 saturated carbocycles. The predicted octanol–water partition coefficient (Wildman–Crippen LogP) is 3.17. The van der Waals surface area contributed by atoms with Crippen LogP contribution in [0.2, 0.25) is 0 Å². The molecule has 0 aromatic heterocycles. The molecule has 0 rings (SSSR count). The van der Waals surface area contributed by atoms with Crippen molar-refractivity contribution in [2.45, 2.75) is 67.9 Å². The fourth-order valence-corrected chi connectivity index (χ4v) is 3.71. The molecule has 4 atom stereocenters. The maximum atomic E-state index is 13.4. The van der Waals surface area contributed by atoms with Gasteiger partial charge in [-0.25, -0.2) is 0 Å². The second-order valence-electron chi connectivity index (χ2n) is 13.1. The van der Waals surface area contributed by atoms with Crippen LogP contribution in [0.5, 0.6) is 0 Å². The van der Waals surface area contributed by atoms with Gasteiger partial charge in [0.15, 0.2) is 0 Å². The van der Waals surface area contributed by atoms with Crippen molar-refractivity contribution in [2.75, 3.05) is 59.3 Å². The van der Waals surface area contributed by atoms with Crippen molar-refractivity contribution in [1.29, 1.82) is 0 Å². The summed E-state index contributed by atoms with van der Waals surface area (Å²) in [4.78, 5) is 49.1. The molecule has 0 aromatic rings. The topological polar surface area (TPSA) is 144 Å². The highest BCUT2D eigenvalue weighted by molar-refractivity contribution is 5.92. The molecular weight excluding hydrogens is 576 g/mol. The number of nitrogens with one attached hydrogen (secondary N) is 4. The van der Waals surface area contributed by atoms with Gasteiger partial charge in [0.25, 0.3) is 0 Å². The molecular formula is C34H60N4O7. The number of carbonyl (C=O) groups excluding carboxylic acids is 4. The summed E-state index contributed by atoms with van der Waals surface area (Å²) in [6, 6.07) is 0. The van der Waals surface area contributed by atoms with Crippen LogP contribution >= 0.6 is 0 Å². The molecule has 0 heterocycles. The SMILES string of the molecule is C=C(C)C(=O)NCC(C)COCC(COCC(C)CNC(=O)C(=C)C)(COCC(C)CNC(=O)C(=C)C)NC(=O)C(C)C(C)C. The van der Waals surface area contributed by atoms with Crippen LogP contribution in [0.15, 0.2) is 36.5 Å². The van der Waals surface area contributed by atoms with Crippen molar-refractivity contribution < 1.29 is 33.4 Å². The van der Waals surface area contributed by atoms with Gasteiger partial charge in [0.1, 0.15) is 5.54 Å². The van der Waals surface area contributed by atoms with Gasteiger partial charge in [-0.15, -0.1) is 0 Å². The maximum absolute atomic E-state index is 13.4. The molecule has 0 fully saturated rings. The van der Waals surface area contributed by atoms with E-state index in [1.807, 2.05) is 41.5 Å². The molecule has 45 heavy (non-hydrogen) atoms. The summed E-state index contributed by atoms with van der Waals surface area (Å²) < 4.78 is 18.4. The Kier molecular flexibility index (Phi) is 20.2. The van der Waals surface area contributed by atoms with Gasteiger partial charge in [0.2, 0.25) is 23.6 Å². The zero-order valence-corrected chi connectivity index (χ0v) is 29.2. The Morgan fingerprint density at radius 2 is 0.867 bits per heavy atom. The van der Waals surface area contributed by atoms with E-state index in [2.05, 4.69) is 41.0 Å². The van der Waals surface area contributed by atoms with Gasteiger partial charge in [-0.3, -0.25) is 19.2 Å². The molecule has 0 aliphatic heterocycles. The molecule has 0 aliphatic carbocycles. The lowest BCUT2D eigenvalue weighted by molar-refractivity contribution is -0.133. The highest BCUT2D eigenvalue weighted by atomic mass is 16.5. The van der Waals surface area contributed by atoms with E-state index in [9.17, 15) is 19.2 Å². The van der Waals surface area contributed by atoms with Gasteiger partial charge in [0, 0.05) is 42.3 Å². The minimum absolute atomic E-state index is 0.00738. The molecule has 0 saturated heterocycles. The van der Waals surface area contributed by atoms with Gasteiger partial charge in [-0.2, -0.15) is 0 Å². The molecule has 11 heteroatoms. The molecule has 0 bridgehead atoms. The number of rotatable bonds is 24. The highest BCUT2D eigenvalue weighted by Crippen LogP contribution is 2.16. The first-order valence-corrected chi connectivity index (χ1v) is 15.8. The fraction of sp³-hybridized carbons (Fsp3) is 0.706. The first kappa shape index (κ1) is 42.0. The Morgan fingerprint density at radius 3 is 1.11 bits per heavy atom. The maximum Gasteiger partial charge on any atom is 0.246 e. The van der Waals surface area contributed by atoms with Crippen LogP contribution in [0, 0.1) is 29.6 Å². The van der Waals surface area contributed by atoms with Crippen LogP contribution in [-0.2, 0) is 33.4 Å². The van der Waals surface area contributed by atoms with Crippen molar-refractivity contribution in [3.63, 3.8) is 0 Å². The zero-order chi connectivity index (χ0) is 34.7. The second-order valence-corrected chi connectivity index (χ2v) is 13.1. The van der Waals surface area contributed by atoms with Crippen LogP contribution in [0.4, 0.5) is 0 Å². The lowest BCUT2D eigenvalue weighted by atomic mass is 9.94. The highest BCUT2D eigenvalue weighted by Gasteiger charge is 2.36. The first-order valence-electron chi connectivity index (χ1n) is 15.8. The lowest BCUT2D eigenvalue weighted by Gasteiger charge is -2.36. The summed E-state index contributed by atoms with van der Waals surface area (Å²) >= 11 is 0. The predicted molar refractivity (Wildman–Crippen MR) is 178 cm³/mol. The van der Waals surface area contributed by atoms with Crippen LogP contribution in [0.1, 0.15) is 62.3 Å². The van der Waals surface area contributed by atoms with E-state index in [0.717, 1.165) is 0 Å². The van der Waals surface area contributed by atoms with E-state index < -0.39 is 5.54 Å². The molecule has 0 aliphatic rings. The van der Waals surface area contributed by atoms with Crippen LogP contribution in [0.25, 0.3) is 0 Å². The third-order valence-corrected chi connectivity index (χ3v) is 7.14. The first-order chi connectivity index (χ1) is 20.9. The number of hydrogen-bond acceptors (Lipinski definition) is 7. The second kappa shape index (κ2) is 21.7. The average Bonchev–Trinajstić information content (AvgIpc) is 2.96. The molecule has 11 nitrogen and oxygen atoms in total. The monoisotopic (exact) mass is 636 g/mol. The summed E-state index contributed by atoms with van der Waals surface area (Å²) in [6.07, 6.45) is 0. The third-order valence-electron chi connectivity index (χ3n) is 7.14. The summed E-state index contributed by atoms with van der Waals surface area (Å²) in [6.45, 7) is 30.1. The summed E-state index contributed by atoms with van der Waals surface area (Å²) in [5.41, 5.74) is 0.267. The molecule has 4 amide bonds. The zero-order valence-electron chi connectivity index (χ0n) is 29.2. The summed E-state index contributed by atoms with van der Waals surface area (Å²) in [5, 5.41) is 11.7. The van der Waals surface area contributed by atoms with E-state index in [0.29, 0.717) is 56.2 Å². The molecule has 0 spiro atoms. The van der Waals surface area contributed by atoms with Crippen molar-refractivity contribution in [3.05, 3.63) is 36.5 Å². The average molecular weight is 637 g/mol. The van der Waals surface area contributed by atoms with E-state index in [1.54, 1.807) is 20.8 Å². The Morgan fingerprint density at radius 1 is 0.578 bits per heavy atom. The number of carbonyl (C=O) groups is 4. The Balaban J connectivity index is 5.74. The normalized spacial score (nSPS) is 15.2. The molecule has 0 radical (unpaired) electrons. The summed E-state index contributed by atoms with van der Waals surface area (Å²) in [7, 11) is 0. The molecule has 258 valence electrons. The lowest BCUT2D eigenvalue weighted by Crippen LogP contribution is -2.60. The third kappa shape index (κ3) is 18.5. The van der Waals surface area contributed by atoms with Crippen molar-refractivity contribution in [2.24, 2.45) is 29.6 Å². The molecule has 4 unspecified atom stereocenters. The number of amides is 4. The molecule has 0 aromatic carbocycles. The van der Waals surface area contributed by atoms with E-state index in [-0.39, 0.29) is 73.0 Å². The minimum Gasteiger partial charge on any atom is -0.378 e. The van der Waals surface area contributed by atoms with Gasteiger partial charge in [0.05, 0.1) is 39.6 Å². The smallest absolute Gasteiger partial charge is 0.246 e. The van der Waals surface area contributed by atoms with Gasteiger partial charge >= 0.3 is 0 Å². The van der Waals surface area contributed by atoms with E-state index >= 15 is 0 Å². The Hall–Kier alpha value is -3.02. The van der Waals surface area contributed by atoms with Gasteiger partial charge in [-0.1, -0.05) is 61.3 Å². The van der Waals surface area contributed by atoms with Crippen molar-refractivity contribution in [1.82, 2.24) is 21.3 Å². The Labute approximate surface area is 271 Å². The standard InChI is InChI=1S/C34H60N4O7/c1-22(2)29(12)33(42)38-34(19-43-16-26(9)13-35-30(39)23(3)4,20-44-17-27(10)14-36-31(40)24(5)6)21-45-18-28(11)15-37-32(41)25(7)8/h22,26-29H,3,5,7,13-21H2,1-2,4,6,8-12H3,(H,35,39)(H,36,40)(H,37,41)(H,38,42). The van der Waals surface area contributed by atoms with Gasteiger partial charge < -0.3 is 35.5 Å². The van der Waals surface area contributed by atoms with Crippen molar-refractivity contribution >= 4 is 23.6 Å². The number of ether oxygens (including phenoxy) is 3. The van der Waals surface area contributed by atoms with Crippen molar-refractivity contribution in [3.8, 4) is 0 Å². The minimum atomic E-state index is -1.03. The number of hydrogen-bond donors (Lipinski definition) is 4. The molecule has 4 N–H and O–H groups in total. The quantitative estimate of drug-likeness (QED) is 0.119. The fourth-order valence-electron chi connectivity index (χ4n) is 3.71. The largest absolute Gasteiger partial charge is 0.378 e. The van der Waals surface area contributed by atoms with Crippen LogP contribution < -0.4 is 21.3 Å². The van der Waals surface area contributed by atoms with E-state index in [1.165, 1.54) is 0 Å². The Bertz CT molecular complexity index is 908. The van der Waals surface area contributed by atoms with Crippen LogP contribution in [-0.4, -0.2) is 88.4 Å². The van der Waals surface area contributed by atoms with Crippen LogP contribution in [0.3, 0.4) is 0 Å². The van der Waals surface area contributed by atoms with E-state index in [4.69, 9.17) is 14.2 Å². The van der Waals surface area contributed by atoms with Gasteiger partial charge in [-0.05, 0) is 44.4 Å².